The van der Waals surface area contributed by atoms with Gasteiger partial charge in [-0.25, -0.2) is 18.3 Å². The first-order valence-corrected chi connectivity index (χ1v) is 42.1. The number of aryl methyl sites for hydroxylation is 16. The molecular weight excluding hydrogens is 1560 g/mol. The zero-order valence-electron chi connectivity index (χ0n) is 111. The molecule has 1 unspecified atom stereocenters. The van der Waals surface area contributed by atoms with Gasteiger partial charge in [-0.3, -0.25) is 0 Å². The molecule has 12 aromatic carbocycles. The first kappa shape index (κ1) is 49.0. The normalized spacial score (nSPS) is 20.7. The van der Waals surface area contributed by atoms with Crippen LogP contribution in [0, 0.1) is 82.5 Å². The summed E-state index contributed by atoms with van der Waals surface area (Å²) in [5, 5.41) is 5.90. The van der Waals surface area contributed by atoms with E-state index < -0.39 is 105 Å². The summed E-state index contributed by atoms with van der Waals surface area (Å²) < 4.78 is 352. The largest absolute Gasteiger partial charge is 0.455 e. The third-order valence-electron chi connectivity index (χ3n) is 27.0. The lowest BCUT2D eigenvalue weighted by Crippen LogP contribution is -2.31. The van der Waals surface area contributed by atoms with Crippen LogP contribution in [0.5, 0.6) is 0 Å². The quantitative estimate of drug-likeness (QED) is 0.165. The predicted molar refractivity (Wildman–Crippen MR) is 528 cm³/mol. The van der Waals surface area contributed by atoms with Crippen LogP contribution in [-0.4, -0.2) is 0 Å². The summed E-state index contributed by atoms with van der Waals surface area (Å²) >= 11 is 0. The van der Waals surface area contributed by atoms with Crippen molar-refractivity contribution in [3.63, 3.8) is 0 Å². The monoisotopic (exact) mass is 1710 g/mol. The number of furan rings is 4. The summed E-state index contributed by atoms with van der Waals surface area (Å²) in [5.41, 5.74) is 14.2. The highest BCUT2D eigenvalue weighted by Crippen LogP contribution is 2.58. The molecule has 0 saturated heterocycles. The van der Waals surface area contributed by atoms with Gasteiger partial charge in [0, 0.05) is 165 Å². The lowest BCUT2D eigenvalue weighted by Gasteiger charge is -2.22. The Balaban J connectivity index is 0.000000127. The van der Waals surface area contributed by atoms with Gasteiger partial charge in [-0.2, -0.15) is 0 Å². The van der Waals surface area contributed by atoms with Crippen molar-refractivity contribution < 1.29 is 89.4 Å². The maximum absolute atomic E-state index is 8.52. The van der Waals surface area contributed by atoms with Gasteiger partial charge in [0.2, 0.25) is 22.8 Å². The van der Waals surface area contributed by atoms with E-state index in [1.54, 1.807) is 114 Å². The van der Waals surface area contributed by atoms with E-state index in [1.165, 1.54) is 83.4 Å². The standard InChI is InChI=1S/4C30H28NO/c1-17-11-12-21-23-14-25-22(20-9-7-8-10-24(20)30(25,4)5)15-27(23)32-29(21)28(17)26-13-18(2)19(3)16-31(26)6;1-17-11-12-21-23-14-22-20-9-7-8-10-24(20)30(4,5)25(22)15-27(23)32-29(21)28(17)26-13-18(2)19(3)16-31(26)6;1-17-11-12-22-27-25(32-29(22)26(17)24-15-18(2)19(3)16-31(24)6)14-13-21-20-9-7-8-10-23(20)30(4,5)28(21)27;1-17-11-12-21-28-25(32-29(21)26(17)24-15-18(2)19(3)16-31(24)6)14-13-23-27(28)20-9-7-8-10-22(20)30(23,4)5/h4*7-16H,1-6H3/q4*+1/i2D3,3D3,4D3;2D3,3D3,4D3,5D3;2D3,3D3;2D3,3D3,4D3,5D3. The van der Waals surface area contributed by atoms with Crippen molar-refractivity contribution in [1.82, 2.24) is 0 Å². The fourth-order valence-electron chi connectivity index (χ4n) is 20.6. The molecule has 8 nitrogen and oxygen atoms in total. The van der Waals surface area contributed by atoms with E-state index in [1.807, 2.05) is 113 Å². The summed E-state index contributed by atoms with van der Waals surface area (Å²) in [5.74, 6) is 0. The Hall–Kier alpha value is -13.6. The third kappa shape index (κ3) is 12.0. The fourth-order valence-corrected chi connectivity index (χ4v) is 20.6. The highest BCUT2D eigenvalue weighted by Gasteiger charge is 2.43. The second-order valence-corrected chi connectivity index (χ2v) is 35.3. The number of nitrogens with zero attached hydrogens (tertiary/aromatic N) is 4. The number of hydrogen-bond acceptors (Lipinski definition) is 4. The van der Waals surface area contributed by atoms with Crippen LogP contribution in [-0.2, 0) is 49.9 Å². The predicted octanol–water partition coefficient (Wildman–Crippen LogP) is 29.2. The van der Waals surface area contributed by atoms with Crippen molar-refractivity contribution in [2.75, 3.05) is 0 Å². The topological polar surface area (TPSA) is 68.1 Å². The van der Waals surface area contributed by atoms with Crippen LogP contribution in [0.25, 0.3) is 177 Å². The van der Waals surface area contributed by atoms with Crippen molar-refractivity contribution in [2.45, 2.75) is 159 Å². The van der Waals surface area contributed by atoms with Gasteiger partial charge < -0.3 is 17.7 Å². The molecule has 8 heteroatoms. The van der Waals surface area contributed by atoms with Crippen LogP contribution in [0.2, 0.25) is 0 Å². The van der Waals surface area contributed by atoms with Crippen LogP contribution in [0.1, 0.15) is 220 Å². The lowest BCUT2D eigenvalue weighted by atomic mass is 9.80. The second-order valence-electron chi connectivity index (χ2n) is 35.3. The minimum Gasteiger partial charge on any atom is -0.455 e. The van der Waals surface area contributed by atoms with Gasteiger partial charge in [0.15, 0.2) is 24.8 Å². The fraction of sp³-hybridized carbons (Fsp3) is 0.233. The third-order valence-corrected chi connectivity index (χ3v) is 27.0. The highest BCUT2D eigenvalue weighted by atomic mass is 16.3. The molecule has 0 radical (unpaired) electrons. The number of hydrogen-bond donors (Lipinski definition) is 0. The molecule has 0 spiro atoms. The number of aromatic nitrogens is 4. The number of fused-ring (bicyclic) bond motifs is 26. The molecule has 0 saturated carbocycles. The molecule has 0 N–H and O–H groups in total. The minimum atomic E-state index is -2.93. The Morgan fingerprint density at radius 2 is 0.570 bits per heavy atom. The lowest BCUT2D eigenvalue weighted by molar-refractivity contribution is -0.660. The Kier molecular flexibility index (Phi) is 11.1. The number of pyridine rings is 4. The number of rotatable bonds is 4. The summed E-state index contributed by atoms with van der Waals surface area (Å²) in [7, 11) is 6.68. The molecule has 632 valence electrons. The molecule has 8 aromatic heterocycles. The van der Waals surface area contributed by atoms with Gasteiger partial charge in [-0.1, -0.05) is 213 Å². The molecule has 4 aliphatic carbocycles. The Bertz CT molecular complexity index is 9880. The van der Waals surface area contributed by atoms with Gasteiger partial charge >= 0.3 is 0 Å². The molecule has 0 bridgehead atoms. The van der Waals surface area contributed by atoms with Crippen molar-refractivity contribution >= 4 is 87.8 Å². The first-order valence-electron chi connectivity index (χ1n) is 61.6. The Morgan fingerprint density at radius 3 is 1.02 bits per heavy atom. The van der Waals surface area contributed by atoms with Gasteiger partial charge in [0.05, 0.1) is 22.3 Å². The highest BCUT2D eigenvalue weighted by molar-refractivity contribution is 6.19. The summed E-state index contributed by atoms with van der Waals surface area (Å²) in [6.07, 6.45) is 5.39. The molecular formula is C120H112N4O4+4. The Labute approximate surface area is 805 Å². The Morgan fingerprint density at radius 1 is 0.234 bits per heavy atom. The minimum absolute atomic E-state index is 0.126. The van der Waals surface area contributed by atoms with Crippen LogP contribution >= 0.6 is 0 Å². The molecule has 20 aromatic rings. The maximum atomic E-state index is 8.52. The van der Waals surface area contributed by atoms with Crippen molar-refractivity contribution in [3.05, 3.63) is 354 Å². The van der Waals surface area contributed by atoms with Crippen molar-refractivity contribution in [3.8, 4) is 89.5 Å². The van der Waals surface area contributed by atoms with E-state index >= 15 is 0 Å². The van der Waals surface area contributed by atoms with E-state index in [4.69, 9.17) is 71.1 Å². The summed E-state index contributed by atoms with van der Waals surface area (Å²) in [4.78, 5) is 0. The van der Waals surface area contributed by atoms with E-state index in [0.717, 1.165) is 71.6 Å². The zero-order valence-corrected chi connectivity index (χ0v) is 72.0. The van der Waals surface area contributed by atoms with Crippen LogP contribution in [0.4, 0.5) is 0 Å². The average Bonchev–Trinajstić information content (AvgIpc) is 1.53. The SMILES string of the molecule is [2H]C([2H])([2H])c1cc(-c2c(C)ccc3c2oc2cc4c(cc23)-c2ccccc2C4(C([2H])([2H])[2H])C([2H])([2H])[2H])[n+](C)cc1C([2H])([2H])[2H].[2H]C([2H])([2H])c1cc(-c2c(C)ccc3c2oc2cc4c(cc23)C(C)(C([2H])([2H])[2H])c2ccccc2-4)[n+](C)cc1C([2H])([2H])[2H].[2H]C([2H])([2H])c1cc(-c2c(C)ccc3c2oc2ccc4c(c23)-c2ccccc2C4(C([2H])([2H])[2H])C([2H])([2H])[2H])[n+](C)cc1C([2H])([2H])[2H].[2H]C([2H])([2H])c1cc(-c2c(C)ccc3c2oc2ccc4c(c23)C(C)(C)c2ccccc2-4)[n+](C)cc1C([2H])([2H])[2H]. The van der Waals surface area contributed by atoms with Gasteiger partial charge in [-0.05, 0) is 252 Å². The number of benzene rings is 12. The smallest absolute Gasteiger partial charge is 0.216 e. The van der Waals surface area contributed by atoms with Crippen LogP contribution in [0.15, 0.2) is 261 Å². The van der Waals surface area contributed by atoms with Gasteiger partial charge in [0.25, 0.3) is 0 Å². The zero-order chi connectivity index (χ0) is 122. The molecule has 0 fully saturated rings. The molecule has 1 atom stereocenters. The van der Waals surface area contributed by atoms with Gasteiger partial charge in [0.1, 0.15) is 72.9 Å². The van der Waals surface area contributed by atoms with E-state index in [2.05, 4.69) is 50.2 Å². The van der Waals surface area contributed by atoms with Crippen molar-refractivity contribution in [2.24, 2.45) is 28.2 Å². The van der Waals surface area contributed by atoms with Crippen LogP contribution in [0.3, 0.4) is 0 Å². The molecule has 24 rings (SSSR count). The van der Waals surface area contributed by atoms with E-state index in [0.29, 0.717) is 122 Å². The maximum Gasteiger partial charge on any atom is 0.216 e. The van der Waals surface area contributed by atoms with Gasteiger partial charge in [-0.15, -0.1) is 0 Å². The second kappa shape index (κ2) is 29.0. The van der Waals surface area contributed by atoms with Crippen LogP contribution < -0.4 is 18.3 Å². The molecule has 0 aliphatic heterocycles. The summed E-state index contributed by atoms with van der Waals surface area (Å²) in [6.45, 7) is -21.4. The van der Waals surface area contributed by atoms with E-state index in [9.17, 15) is 0 Å². The first-order chi connectivity index (χ1) is 77.0. The molecule has 0 amide bonds. The molecule has 8 heterocycles. The summed E-state index contributed by atoms with van der Waals surface area (Å²) in [6, 6.07) is 64.5. The molecule has 128 heavy (non-hydrogen) atoms. The molecule has 4 aliphatic rings. The van der Waals surface area contributed by atoms with E-state index in [-0.39, 0.29) is 77.8 Å². The average molecular weight is 1710 g/mol. The van der Waals surface area contributed by atoms with Crippen molar-refractivity contribution in [1.29, 1.82) is 0 Å².